The second-order valence-electron chi connectivity index (χ2n) is 6.65. The Morgan fingerprint density at radius 3 is 2.37 bits per heavy atom. The molecule has 0 fully saturated rings. The molecule has 0 unspecified atom stereocenters. The fourth-order valence-electron chi connectivity index (χ4n) is 3.19. The molecule has 5 nitrogen and oxygen atoms in total. The van der Waals surface area contributed by atoms with Gasteiger partial charge in [0.2, 0.25) is 0 Å². The van der Waals surface area contributed by atoms with Gasteiger partial charge in [-0.2, -0.15) is 0 Å². The van der Waals surface area contributed by atoms with Crippen molar-refractivity contribution in [1.29, 1.82) is 0 Å². The Hall–Kier alpha value is -3.08. The summed E-state index contributed by atoms with van der Waals surface area (Å²) in [6.45, 7) is 5.75. The highest BCUT2D eigenvalue weighted by Gasteiger charge is 2.14. The molecule has 0 saturated carbocycles. The number of fused-ring (bicyclic) bond motifs is 1. The maximum absolute atomic E-state index is 12.4. The SMILES string of the molecule is COc1ccc2c(C)c(CCC(=O)Oc3cc(C)cc(C)c3)c(=O)oc2c1. The van der Waals surface area contributed by atoms with Crippen molar-refractivity contribution in [2.75, 3.05) is 7.11 Å². The average molecular weight is 366 g/mol. The van der Waals surface area contributed by atoms with Crippen LogP contribution in [-0.4, -0.2) is 13.1 Å². The van der Waals surface area contributed by atoms with Gasteiger partial charge in [-0.1, -0.05) is 6.07 Å². The van der Waals surface area contributed by atoms with Crippen molar-refractivity contribution in [3.63, 3.8) is 0 Å². The van der Waals surface area contributed by atoms with E-state index in [1.54, 1.807) is 13.2 Å². The number of esters is 1. The van der Waals surface area contributed by atoms with Crippen molar-refractivity contribution in [3.05, 3.63) is 69.1 Å². The summed E-state index contributed by atoms with van der Waals surface area (Å²) in [5.41, 5.74) is 3.39. The molecule has 0 aliphatic carbocycles. The van der Waals surface area contributed by atoms with Gasteiger partial charge in [0.1, 0.15) is 17.1 Å². The third-order valence-corrected chi connectivity index (χ3v) is 4.50. The molecule has 0 aliphatic heterocycles. The lowest BCUT2D eigenvalue weighted by molar-refractivity contribution is -0.134. The van der Waals surface area contributed by atoms with Gasteiger partial charge in [0.15, 0.2) is 0 Å². The molecule has 140 valence electrons. The quantitative estimate of drug-likeness (QED) is 0.383. The van der Waals surface area contributed by atoms with Crippen LogP contribution in [0.4, 0.5) is 0 Å². The molecule has 0 aliphatic rings. The molecule has 3 rings (SSSR count). The number of rotatable bonds is 5. The fraction of sp³-hybridized carbons (Fsp3) is 0.273. The van der Waals surface area contributed by atoms with Crippen LogP contribution >= 0.6 is 0 Å². The number of carbonyl (C=O) groups is 1. The lowest BCUT2D eigenvalue weighted by Gasteiger charge is -2.09. The first-order valence-corrected chi connectivity index (χ1v) is 8.76. The van der Waals surface area contributed by atoms with Crippen LogP contribution in [0.15, 0.2) is 45.6 Å². The molecule has 3 aromatic rings. The summed E-state index contributed by atoms with van der Waals surface area (Å²) in [4.78, 5) is 24.6. The monoisotopic (exact) mass is 366 g/mol. The molecule has 0 saturated heterocycles. The lowest BCUT2D eigenvalue weighted by atomic mass is 10.0. The molecule has 0 bridgehead atoms. The summed E-state index contributed by atoms with van der Waals surface area (Å²) >= 11 is 0. The number of benzene rings is 2. The van der Waals surface area contributed by atoms with E-state index < -0.39 is 5.63 Å². The summed E-state index contributed by atoms with van der Waals surface area (Å²) in [5, 5.41) is 0.827. The van der Waals surface area contributed by atoms with Gasteiger partial charge in [0.05, 0.1) is 13.5 Å². The number of hydrogen-bond acceptors (Lipinski definition) is 5. The van der Waals surface area contributed by atoms with Crippen LogP contribution in [0.3, 0.4) is 0 Å². The van der Waals surface area contributed by atoms with E-state index in [0.717, 1.165) is 22.1 Å². The highest BCUT2D eigenvalue weighted by molar-refractivity contribution is 5.82. The van der Waals surface area contributed by atoms with Crippen molar-refractivity contribution < 1.29 is 18.7 Å². The second-order valence-corrected chi connectivity index (χ2v) is 6.65. The van der Waals surface area contributed by atoms with Gasteiger partial charge in [0.25, 0.3) is 0 Å². The van der Waals surface area contributed by atoms with Crippen molar-refractivity contribution in [2.45, 2.75) is 33.6 Å². The first kappa shape index (κ1) is 18.7. The molecular weight excluding hydrogens is 344 g/mol. The summed E-state index contributed by atoms with van der Waals surface area (Å²) in [6.07, 6.45) is 0.361. The van der Waals surface area contributed by atoms with Gasteiger partial charge in [0, 0.05) is 17.0 Å². The topological polar surface area (TPSA) is 65.7 Å². The lowest BCUT2D eigenvalue weighted by Crippen LogP contribution is -2.15. The minimum absolute atomic E-state index is 0.0975. The van der Waals surface area contributed by atoms with Crippen LogP contribution in [0.1, 0.15) is 28.7 Å². The molecule has 0 spiro atoms. The van der Waals surface area contributed by atoms with Crippen LogP contribution in [0, 0.1) is 20.8 Å². The van der Waals surface area contributed by atoms with Gasteiger partial charge >= 0.3 is 11.6 Å². The van der Waals surface area contributed by atoms with Crippen LogP contribution < -0.4 is 15.1 Å². The molecule has 0 N–H and O–H groups in total. The smallest absolute Gasteiger partial charge is 0.339 e. The molecule has 0 atom stereocenters. The van der Waals surface area contributed by atoms with E-state index in [1.165, 1.54) is 0 Å². The predicted molar refractivity (Wildman–Crippen MR) is 104 cm³/mol. The maximum Gasteiger partial charge on any atom is 0.339 e. The van der Waals surface area contributed by atoms with E-state index in [2.05, 4.69) is 0 Å². The zero-order chi connectivity index (χ0) is 19.6. The average Bonchev–Trinajstić information content (AvgIpc) is 2.60. The first-order chi connectivity index (χ1) is 12.9. The number of methoxy groups -OCH3 is 1. The fourth-order valence-corrected chi connectivity index (χ4v) is 3.19. The molecular formula is C22H22O5. The van der Waals surface area contributed by atoms with Crippen molar-refractivity contribution in [2.24, 2.45) is 0 Å². The first-order valence-electron chi connectivity index (χ1n) is 8.76. The number of carbonyl (C=O) groups excluding carboxylic acids is 1. The van der Waals surface area contributed by atoms with Gasteiger partial charge < -0.3 is 13.9 Å². The Balaban J connectivity index is 1.78. The van der Waals surface area contributed by atoms with E-state index in [1.807, 2.05) is 51.1 Å². The number of aryl methyl sites for hydroxylation is 3. The molecule has 1 heterocycles. The third-order valence-electron chi connectivity index (χ3n) is 4.50. The van der Waals surface area contributed by atoms with Crippen LogP contribution in [0.25, 0.3) is 11.0 Å². The molecule has 0 radical (unpaired) electrons. The van der Waals surface area contributed by atoms with E-state index >= 15 is 0 Å². The standard InChI is InChI=1S/C22H22O5/c1-13-9-14(2)11-17(10-13)26-21(23)8-7-19-15(3)18-6-5-16(25-4)12-20(18)27-22(19)24/h5-6,9-12H,7-8H2,1-4H3. The Labute approximate surface area is 157 Å². The molecule has 1 aromatic heterocycles. The second kappa shape index (κ2) is 7.66. The van der Waals surface area contributed by atoms with Crippen molar-refractivity contribution >= 4 is 16.9 Å². The largest absolute Gasteiger partial charge is 0.497 e. The Morgan fingerprint density at radius 2 is 1.70 bits per heavy atom. The Morgan fingerprint density at radius 1 is 1.00 bits per heavy atom. The van der Waals surface area contributed by atoms with Crippen molar-refractivity contribution in [1.82, 2.24) is 0 Å². The van der Waals surface area contributed by atoms with E-state index in [9.17, 15) is 9.59 Å². The Kier molecular flexibility index (Phi) is 5.31. The normalized spacial score (nSPS) is 10.8. The number of ether oxygens (including phenoxy) is 2. The molecule has 5 heteroatoms. The van der Waals surface area contributed by atoms with E-state index in [-0.39, 0.29) is 18.8 Å². The zero-order valence-electron chi connectivity index (χ0n) is 15.9. The highest BCUT2D eigenvalue weighted by Crippen LogP contribution is 2.24. The highest BCUT2D eigenvalue weighted by atomic mass is 16.5. The van der Waals surface area contributed by atoms with Gasteiger partial charge in [-0.15, -0.1) is 0 Å². The van der Waals surface area contributed by atoms with Crippen LogP contribution in [0.2, 0.25) is 0 Å². The summed E-state index contributed by atoms with van der Waals surface area (Å²) in [7, 11) is 1.56. The molecule has 2 aromatic carbocycles. The van der Waals surface area contributed by atoms with E-state index in [4.69, 9.17) is 13.9 Å². The minimum Gasteiger partial charge on any atom is -0.497 e. The van der Waals surface area contributed by atoms with Gasteiger partial charge in [-0.05, 0) is 68.1 Å². The van der Waals surface area contributed by atoms with Gasteiger partial charge in [-0.3, -0.25) is 4.79 Å². The predicted octanol–water partition coefficient (Wildman–Crippen LogP) is 4.27. The van der Waals surface area contributed by atoms with Crippen molar-refractivity contribution in [3.8, 4) is 11.5 Å². The summed E-state index contributed by atoms with van der Waals surface area (Å²) in [6, 6.07) is 11.0. The minimum atomic E-state index is -0.438. The molecule has 0 amide bonds. The maximum atomic E-state index is 12.4. The van der Waals surface area contributed by atoms with Gasteiger partial charge in [-0.25, -0.2) is 4.79 Å². The Bertz CT molecular complexity index is 1040. The summed E-state index contributed by atoms with van der Waals surface area (Å²) < 4.78 is 16.0. The number of hydrogen-bond donors (Lipinski definition) is 0. The van der Waals surface area contributed by atoms with E-state index in [0.29, 0.717) is 22.6 Å². The summed E-state index contributed by atoms with van der Waals surface area (Å²) in [5.74, 6) is 0.760. The van der Waals surface area contributed by atoms with Crippen LogP contribution in [-0.2, 0) is 11.2 Å². The third kappa shape index (κ3) is 4.19. The zero-order valence-corrected chi connectivity index (χ0v) is 15.9. The molecule has 27 heavy (non-hydrogen) atoms. The van der Waals surface area contributed by atoms with Crippen LogP contribution in [0.5, 0.6) is 11.5 Å².